The predicted molar refractivity (Wildman–Crippen MR) is 57.6 cm³/mol. The fraction of sp³-hybridized carbons (Fsp3) is 0.182. The summed E-state index contributed by atoms with van der Waals surface area (Å²) >= 11 is -1.79. The zero-order chi connectivity index (χ0) is 9.97. The second-order valence-corrected chi connectivity index (χ2v) is 7.73. The fourth-order valence-corrected chi connectivity index (χ4v) is 5.49. The number of hydrogen-bond acceptors (Lipinski definition) is 1. The third-order valence-corrected chi connectivity index (χ3v) is 6.88. The van der Waals surface area contributed by atoms with Crippen molar-refractivity contribution < 1.29 is 9.90 Å². The van der Waals surface area contributed by atoms with E-state index in [0.717, 1.165) is 21.6 Å². The van der Waals surface area contributed by atoms with Gasteiger partial charge in [-0.25, -0.2) is 0 Å². The summed E-state index contributed by atoms with van der Waals surface area (Å²) in [7, 11) is 0. The van der Waals surface area contributed by atoms with Crippen LogP contribution in [0.1, 0.15) is 12.0 Å². The van der Waals surface area contributed by atoms with E-state index < -0.39 is 19.4 Å². The van der Waals surface area contributed by atoms with Gasteiger partial charge in [-0.05, 0) is 0 Å². The average molecular weight is 250 g/mol. The summed E-state index contributed by atoms with van der Waals surface area (Å²) in [4.78, 5) is 11.0. The minimum atomic E-state index is -1.79. The molecule has 2 nitrogen and oxygen atoms in total. The molecule has 0 radical (unpaired) electrons. The van der Waals surface area contributed by atoms with Gasteiger partial charge in [0.1, 0.15) is 0 Å². The Morgan fingerprint density at radius 2 is 2.00 bits per heavy atom. The van der Waals surface area contributed by atoms with Gasteiger partial charge in [-0.1, -0.05) is 0 Å². The molecule has 0 aliphatic carbocycles. The monoisotopic (exact) mass is 250 g/mol. The summed E-state index contributed by atoms with van der Waals surface area (Å²) < 4.78 is 0.552. The SMILES string of the molecule is O=C(O)[As]1CCC=C1c1ccccc1. The van der Waals surface area contributed by atoms with Gasteiger partial charge >= 0.3 is 87.3 Å². The van der Waals surface area contributed by atoms with Gasteiger partial charge in [-0.2, -0.15) is 0 Å². The second-order valence-electron chi connectivity index (χ2n) is 3.18. The first kappa shape index (κ1) is 9.54. The predicted octanol–water partition coefficient (Wildman–Crippen LogP) is 2.77. The Bertz CT molecular complexity index is 370. The van der Waals surface area contributed by atoms with E-state index in [4.69, 9.17) is 5.11 Å². The van der Waals surface area contributed by atoms with E-state index in [1.165, 1.54) is 0 Å². The molecule has 3 heteroatoms. The Morgan fingerprint density at radius 1 is 1.29 bits per heavy atom. The van der Waals surface area contributed by atoms with E-state index in [1.54, 1.807) is 0 Å². The number of carboxylic acid groups (broad SMARTS) is 1. The molecule has 0 bridgehead atoms. The molecule has 1 N–H and O–H groups in total. The van der Waals surface area contributed by atoms with E-state index in [-0.39, 0.29) is 0 Å². The molecule has 1 aliphatic heterocycles. The van der Waals surface area contributed by atoms with Crippen molar-refractivity contribution in [2.24, 2.45) is 0 Å². The summed E-state index contributed by atoms with van der Waals surface area (Å²) in [5, 5.41) is 9.95. The standard InChI is InChI=1S/C11H11AsO2/c13-11(14)12-8-4-7-10(12)9-5-2-1-3-6-9/h1-3,5-7H,4,8H2,(H,13,14). The average Bonchev–Trinajstić information content (AvgIpc) is 2.67. The van der Waals surface area contributed by atoms with Gasteiger partial charge in [0.2, 0.25) is 0 Å². The molecule has 0 amide bonds. The van der Waals surface area contributed by atoms with Crippen molar-refractivity contribution in [3.63, 3.8) is 0 Å². The van der Waals surface area contributed by atoms with Crippen molar-refractivity contribution >= 4 is 23.8 Å². The van der Waals surface area contributed by atoms with Crippen LogP contribution in [0.4, 0.5) is 4.79 Å². The molecule has 0 saturated carbocycles. The van der Waals surface area contributed by atoms with Crippen LogP contribution < -0.4 is 0 Å². The van der Waals surface area contributed by atoms with Crippen LogP contribution in [-0.4, -0.2) is 24.5 Å². The topological polar surface area (TPSA) is 37.3 Å². The zero-order valence-electron chi connectivity index (χ0n) is 7.68. The Morgan fingerprint density at radius 3 is 2.64 bits per heavy atom. The Kier molecular flexibility index (Phi) is 2.74. The molecule has 1 atom stereocenters. The maximum absolute atomic E-state index is 11.0. The fourth-order valence-electron chi connectivity index (χ4n) is 1.64. The van der Waals surface area contributed by atoms with Crippen LogP contribution in [0.25, 0.3) is 4.36 Å². The molecule has 1 aromatic carbocycles. The molecule has 72 valence electrons. The van der Waals surface area contributed by atoms with Crippen molar-refractivity contribution in [3.05, 3.63) is 42.0 Å². The number of hydrogen-bond donors (Lipinski definition) is 1. The van der Waals surface area contributed by atoms with Crippen molar-refractivity contribution in [1.29, 1.82) is 0 Å². The molecule has 1 unspecified atom stereocenters. The Balaban J connectivity index is 2.31. The first-order valence-electron chi connectivity index (χ1n) is 4.55. The second kappa shape index (κ2) is 4.01. The van der Waals surface area contributed by atoms with E-state index >= 15 is 0 Å². The molecule has 1 aromatic rings. The molecule has 2 rings (SSSR count). The molecule has 0 saturated heterocycles. The van der Waals surface area contributed by atoms with Crippen molar-refractivity contribution in [3.8, 4) is 0 Å². The zero-order valence-corrected chi connectivity index (χ0v) is 9.56. The summed E-state index contributed by atoms with van der Waals surface area (Å²) in [5.74, 6) is 0. The maximum atomic E-state index is 11.0. The Labute approximate surface area is 87.5 Å². The third kappa shape index (κ3) is 1.76. The van der Waals surface area contributed by atoms with E-state index in [2.05, 4.69) is 6.08 Å². The summed E-state index contributed by atoms with van der Waals surface area (Å²) in [5.41, 5.74) is 1.10. The van der Waals surface area contributed by atoms with Gasteiger partial charge in [0.25, 0.3) is 0 Å². The minimum absolute atomic E-state index is 0.565. The molecule has 1 aliphatic rings. The van der Waals surface area contributed by atoms with Crippen LogP contribution in [0, 0.1) is 0 Å². The summed E-state index contributed by atoms with van der Waals surface area (Å²) in [6.45, 7) is 0. The molecule has 0 fully saturated rings. The van der Waals surface area contributed by atoms with E-state index in [9.17, 15) is 4.79 Å². The quantitative estimate of drug-likeness (QED) is 0.819. The van der Waals surface area contributed by atoms with Crippen LogP contribution in [0.5, 0.6) is 0 Å². The normalized spacial score (nSPS) is 20.6. The van der Waals surface area contributed by atoms with Crippen LogP contribution in [0.3, 0.4) is 0 Å². The molecular weight excluding hydrogens is 239 g/mol. The third-order valence-electron chi connectivity index (χ3n) is 2.28. The summed E-state index contributed by atoms with van der Waals surface area (Å²) in [6, 6.07) is 9.88. The number of carbonyl (C=O) groups is 1. The number of benzene rings is 1. The van der Waals surface area contributed by atoms with Crippen LogP contribution in [0.2, 0.25) is 5.21 Å². The van der Waals surface area contributed by atoms with E-state index in [0.29, 0.717) is 0 Å². The van der Waals surface area contributed by atoms with Crippen molar-refractivity contribution in [1.82, 2.24) is 0 Å². The first-order valence-corrected chi connectivity index (χ1v) is 7.75. The van der Waals surface area contributed by atoms with E-state index in [1.807, 2.05) is 30.3 Å². The first-order chi connectivity index (χ1) is 6.79. The molecule has 1 heterocycles. The number of rotatable bonds is 2. The van der Waals surface area contributed by atoms with Gasteiger partial charge < -0.3 is 0 Å². The molecular formula is C11H11AsO2. The molecule has 0 aromatic heterocycles. The van der Waals surface area contributed by atoms with Crippen LogP contribution in [-0.2, 0) is 0 Å². The molecule has 14 heavy (non-hydrogen) atoms. The number of allylic oxidation sites excluding steroid dienone is 1. The van der Waals surface area contributed by atoms with Gasteiger partial charge in [-0.15, -0.1) is 0 Å². The van der Waals surface area contributed by atoms with Crippen molar-refractivity contribution in [2.45, 2.75) is 11.6 Å². The summed E-state index contributed by atoms with van der Waals surface area (Å²) in [6.07, 6.45) is 3.04. The van der Waals surface area contributed by atoms with Crippen LogP contribution >= 0.6 is 0 Å². The Hall–Kier alpha value is -1.01. The molecule has 0 spiro atoms. The van der Waals surface area contributed by atoms with Crippen LogP contribution in [0.15, 0.2) is 36.4 Å². The van der Waals surface area contributed by atoms with Gasteiger partial charge in [-0.3, -0.25) is 0 Å². The van der Waals surface area contributed by atoms with Gasteiger partial charge in [0, 0.05) is 0 Å². The van der Waals surface area contributed by atoms with Gasteiger partial charge in [0.15, 0.2) is 0 Å². The van der Waals surface area contributed by atoms with Gasteiger partial charge in [0.05, 0.1) is 0 Å². The van der Waals surface area contributed by atoms with Crippen molar-refractivity contribution in [2.75, 3.05) is 0 Å².